The fourth-order valence-corrected chi connectivity index (χ4v) is 4.05. The molecule has 8 nitrogen and oxygen atoms in total. The van der Waals surface area contributed by atoms with E-state index in [9.17, 15) is 9.59 Å². The van der Waals surface area contributed by atoms with E-state index in [4.69, 9.17) is 9.47 Å². The predicted octanol–water partition coefficient (Wildman–Crippen LogP) is 2.96. The van der Waals surface area contributed by atoms with Gasteiger partial charge in [-0.3, -0.25) is 4.79 Å². The van der Waals surface area contributed by atoms with Crippen LogP contribution in [0.2, 0.25) is 0 Å². The van der Waals surface area contributed by atoms with Gasteiger partial charge in [-0.2, -0.15) is 5.10 Å². The molecule has 174 valence electrons. The van der Waals surface area contributed by atoms with E-state index < -0.39 is 29.7 Å². The largest absolute Gasteiger partial charge is 0.453 e. The van der Waals surface area contributed by atoms with Gasteiger partial charge in [-0.15, -0.1) is 0 Å². The molecule has 2 aromatic heterocycles. The number of nitrogens with zero attached hydrogens (tertiary/aromatic N) is 3. The first-order valence-corrected chi connectivity index (χ1v) is 10.5. The molecule has 0 radical (unpaired) electrons. The molecule has 10 heteroatoms. The summed E-state index contributed by atoms with van der Waals surface area (Å²) in [6.07, 6.45) is 1.16. The fourth-order valence-electron chi connectivity index (χ4n) is 4.05. The van der Waals surface area contributed by atoms with E-state index >= 15 is 8.78 Å². The lowest BCUT2D eigenvalue weighted by molar-refractivity contribution is -0.0235. The molecule has 0 saturated carbocycles. The van der Waals surface area contributed by atoms with Gasteiger partial charge in [-0.1, -0.05) is 6.07 Å². The number of amides is 2. The van der Waals surface area contributed by atoms with Crippen LogP contribution in [0.15, 0.2) is 30.5 Å². The molecule has 0 spiro atoms. The Morgan fingerprint density at radius 3 is 2.67 bits per heavy atom. The number of carbonyl (C=O) groups excluding carboxylic acids is 2. The van der Waals surface area contributed by atoms with Crippen molar-refractivity contribution in [1.82, 2.24) is 19.8 Å². The Labute approximate surface area is 189 Å². The minimum Gasteiger partial charge on any atom is -0.453 e. The van der Waals surface area contributed by atoms with Crippen LogP contribution in [0.1, 0.15) is 21.5 Å². The van der Waals surface area contributed by atoms with Gasteiger partial charge in [0.15, 0.2) is 0 Å². The third kappa shape index (κ3) is 4.38. The molecule has 1 saturated heterocycles. The van der Waals surface area contributed by atoms with Gasteiger partial charge in [0, 0.05) is 37.3 Å². The smallest absolute Gasteiger partial charge is 0.409 e. The number of ether oxygens (including phenoxy) is 2. The lowest BCUT2D eigenvalue weighted by Gasteiger charge is -2.32. The first kappa shape index (κ1) is 22.7. The average Bonchev–Trinajstić information content (AvgIpc) is 3.14. The van der Waals surface area contributed by atoms with Crippen molar-refractivity contribution in [2.45, 2.75) is 19.4 Å². The highest BCUT2D eigenvalue weighted by atomic mass is 19.1. The van der Waals surface area contributed by atoms with E-state index in [1.807, 2.05) is 19.1 Å². The molecule has 0 bridgehead atoms. The second-order valence-electron chi connectivity index (χ2n) is 7.87. The van der Waals surface area contributed by atoms with Crippen LogP contribution >= 0.6 is 0 Å². The van der Waals surface area contributed by atoms with E-state index in [1.165, 1.54) is 19.1 Å². The van der Waals surface area contributed by atoms with Crippen LogP contribution in [0.25, 0.3) is 16.8 Å². The summed E-state index contributed by atoms with van der Waals surface area (Å²) < 4.78 is 42.4. The number of morpholine rings is 1. The van der Waals surface area contributed by atoms with E-state index in [2.05, 4.69) is 10.4 Å². The Hall–Kier alpha value is -3.53. The van der Waals surface area contributed by atoms with Crippen LogP contribution in [0.4, 0.5) is 13.6 Å². The molecule has 1 aromatic carbocycles. The summed E-state index contributed by atoms with van der Waals surface area (Å²) >= 11 is 0. The number of pyridine rings is 1. The van der Waals surface area contributed by atoms with Crippen LogP contribution in [0, 0.1) is 18.6 Å². The maximum absolute atomic E-state index is 15.1. The third-order valence-corrected chi connectivity index (χ3v) is 5.65. The Bertz CT molecular complexity index is 1200. The fraction of sp³-hybridized carbons (Fsp3) is 0.348. The predicted molar refractivity (Wildman–Crippen MR) is 116 cm³/mol. The number of rotatable bonds is 4. The monoisotopic (exact) mass is 458 g/mol. The molecule has 1 N–H and O–H groups in total. The number of halogens is 2. The van der Waals surface area contributed by atoms with Crippen molar-refractivity contribution in [3.8, 4) is 11.3 Å². The van der Waals surface area contributed by atoms with Crippen molar-refractivity contribution in [3.63, 3.8) is 0 Å². The summed E-state index contributed by atoms with van der Waals surface area (Å²) in [6.45, 7) is 2.87. The van der Waals surface area contributed by atoms with Crippen molar-refractivity contribution >= 4 is 17.5 Å². The quantitative estimate of drug-likeness (QED) is 0.650. The van der Waals surface area contributed by atoms with Crippen molar-refractivity contribution in [2.24, 2.45) is 0 Å². The van der Waals surface area contributed by atoms with Crippen LogP contribution in [0.3, 0.4) is 0 Å². The number of methoxy groups -OCH3 is 1. The zero-order chi connectivity index (χ0) is 23.7. The summed E-state index contributed by atoms with van der Waals surface area (Å²) in [5.41, 5.74) is 1.85. The molecule has 1 fully saturated rings. The lowest BCUT2D eigenvalue weighted by atomic mass is 9.98. The van der Waals surface area contributed by atoms with Crippen molar-refractivity contribution < 1.29 is 27.8 Å². The van der Waals surface area contributed by atoms with E-state index in [0.29, 0.717) is 24.2 Å². The van der Waals surface area contributed by atoms with Gasteiger partial charge in [-0.05, 0) is 30.7 Å². The van der Waals surface area contributed by atoms with Crippen molar-refractivity contribution in [2.75, 3.05) is 33.9 Å². The van der Waals surface area contributed by atoms with Crippen LogP contribution in [-0.2, 0) is 15.9 Å². The first-order valence-electron chi connectivity index (χ1n) is 10.5. The van der Waals surface area contributed by atoms with E-state index in [-0.39, 0.29) is 29.8 Å². The van der Waals surface area contributed by atoms with Crippen molar-refractivity contribution in [3.05, 3.63) is 58.8 Å². The van der Waals surface area contributed by atoms with Gasteiger partial charge in [0.2, 0.25) is 0 Å². The van der Waals surface area contributed by atoms with Gasteiger partial charge in [0.1, 0.15) is 17.3 Å². The zero-order valence-electron chi connectivity index (χ0n) is 18.5. The molecule has 0 unspecified atom stereocenters. The maximum atomic E-state index is 15.1. The molecule has 1 atom stereocenters. The molecule has 4 rings (SSSR count). The Kier molecular flexibility index (Phi) is 6.28. The van der Waals surface area contributed by atoms with Gasteiger partial charge in [0.05, 0.1) is 37.4 Å². The standard InChI is InChI=1S/C23H24F2N4O4/c1-13-4-5-19-16(10-15-12-28(6-7-33-15)23(31)32-3)21(27-29(19)11-13)20-17(24)8-14(9-18(20)25)22(30)26-2/h4-5,8-9,11,15H,6-7,10,12H2,1-3H3,(H,26,30)/t15-/m0/s1. The normalized spacial score (nSPS) is 16.2. The number of benzene rings is 1. The van der Waals surface area contributed by atoms with E-state index in [1.54, 1.807) is 10.7 Å². The van der Waals surface area contributed by atoms with Crippen molar-refractivity contribution in [1.29, 1.82) is 0 Å². The van der Waals surface area contributed by atoms with E-state index in [0.717, 1.165) is 17.7 Å². The van der Waals surface area contributed by atoms with Gasteiger partial charge in [0.25, 0.3) is 5.91 Å². The zero-order valence-corrected chi connectivity index (χ0v) is 18.5. The minimum absolute atomic E-state index is 0.123. The van der Waals surface area contributed by atoms with Crippen LogP contribution < -0.4 is 5.32 Å². The summed E-state index contributed by atoms with van der Waals surface area (Å²) in [7, 11) is 2.70. The summed E-state index contributed by atoms with van der Waals surface area (Å²) in [5, 5.41) is 6.83. The number of hydrogen-bond acceptors (Lipinski definition) is 5. The molecule has 2 amide bonds. The molecule has 33 heavy (non-hydrogen) atoms. The molecule has 3 heterocycles. The molecule has 1 aliphatic heterocycles. The summed E-state index contributed by atoms with van der Waals surface area (Å²) in [6, 6.07) is 5.70. The molecule has 3 aromatic rings. The lowest BCUT2D eigenvalue weighted by Crippen LogP contribution is -2.46. The van der Waals surface area contributed by atoms with Gasteiger partial charge in [-0.25, -0.2) is 18.1 Å². The number of nitrogens with one attached hydrogen (secondary N) is 1. The van der Waals surface area contributed by atoms with Gasteiger partial charge < -0.3 is 19.7 Å². The minimum atomic E-state index is -0.893. The molecular formula is C23H24F2N4O4. The summed E-state index contributed by atoms with van der Waals surface area (Å²) in [5.74, 6) is -2.38. The Morgan fingerprint density at radius 1 is 1.27 bits per heavy atom. The second kappa shape index (κ2) is 9.14. The highest BCUT2D eigenvalue weighted by molar-refractivity contribution is 5.94. The number of hydrogen-bond donors (Lipinski definition) is 1. The SMILES string of the molecule is CNC(=O)c1cc(F)c(-c2nn3cc(C)ccc3c2C[C@H]2CN(C(=O)OC)CCO2)c(F)c1. The third-order valence-electron chi connectivity index (χ3n) is 5.65. The highest BCUT2D eigenvalue weighted by Gasteiger charge is 2.29. The summed E-state index contributed by atoms with van der Waals surface area (Å²) in [4.78, 5) is 25.3. The number of carbonyl (C=O) groups is 2. The number of aryl methyl sites for hydroxylation is 1. The topological polar surface area (TPSA) is 85.2 Å². The first-order chi connectivity index (χ1) is 15.8. The highest BCUT2D eigenvalue weighted by Crippen LogP contribution is 2.33. The maximum Gasteiger partial charge on any atom is 0.409 e. The number of fused-ring (bicyclic) bond motifs is 1. The Morgan fingerprint density at radius 2 is 2.00 bits per heavy atom. The van der Waals surface area contributed by atoms with Crippen LogP contribution in [0.5, 0.6) is 0 Å². The second-order valence-corrected chi connectivity index (χ2v) is 7.87. The Balaban J connectivity index is 1.79. The average molecular weight is 458 g/mol. The van der Waals surface area contributed by atoms with Crippen LogP contribution in [-0.4, -0.2) is 66.5 Å². The number of aromatic nitrogens is 2. The molecule has 0 aliphatic carbocycles. The molecule has 1 aliphatic rings. The molecular weight excluding hydrogens is 434 g/mol. The van der Waals surface area contributed by atoms with Gasteiger partial charge >= 0.3 is 6.09 Å².